The van der Waals surface area contributed by atoms with Gasteiger partial charge < -0.3 is 14.0 Å². The monoisotopic (exact) mass is 459 g/mol. The van der Waals surface area contributed by atoms with E-state index in [0.29, 0.717) is 34.5 Å². The fourth-order valence-electron chi connectivity index (χ4n) is 2.98. The van der Waals surface area contributed by atoms with E-state index in [4.69, 9.17) is 9.47 Å². The highest BCUT2D eigenvalue weighted by Crippen LogP contribution is 2.28. The summed E-state index contributed by atoms with van der Waals surface area (Å²) in [7, 11) is 3.11. The van der Waals surface area contributed by atoms with Gasteiger partial charge in [-0.3, -0.25) is 4.79 Å². The number of rotatable bonds is 10. The Morgan fingerprint density at radius 1 is 1.03 bits per heavy atom. The first kappa shape index (κ1) is 23.1. The number of aromatic nitrogens is 5. The lowest BCUT2D eigenvalue weighted by Crippen LogP contribution is -2.08. The van der Waals surface area contributed by atoms with Gasteiger partial charge in [-0.05, 0) is 45.0 Å². The normalized spacial score (nSPS) is 10.9. The Balaban J connectivity index is 1.69. The largest absolute Gasteiger partial charge is 0.497 e. The highest BCUT2D eigenvalue weighted by atomic mass is 32.2. The number of hydrogen-bond donors (Lipinski definition) is 0. The summed E-state index contributed by atoms with van der Waals surface area (Å²) in [4.78, 5) is 21.7. The van der Waals surface area contributed by atoms with Crippen molar-refractivity contribution >= 4 is 29.3 Å². The van der Waals surface area contributed by atoms with Gasteiger partial charge in [-0.1, -0.05) is 23.5 Å². The van der Waals surface area contributed by atoms with Gasteiger partial charge in [0.1, 0.15) is 17.3 Å². The minimum atomic E-state index is -0.0639. The summed E-state index contributed by atoms with van der Waals surface area (Å²) in [5.74, 6) is 2.71. The zero-order valence-corrected chi connectivity index (χ0v) is 19.8. The van der Waals surface area contributed by atoms with Crippen LogP contribution >= 0.6 is 23.5 Å². The number of Topliss-reactive ketones (excluding diaryl/α,β-unsaturated/α-hetero) is 1. The summed E-state index contributed by atoms with van der Waals surface area (Å²) >= 11 is 2.88. The molecule has 0 spiro atoms. The van der Waals surface area contributed by atoms with E-state index >= 15 is 0 Å². The van der Waals surface area contributed by atoms with Crippen molar-refractivity contribution in [2.45, 2.75) is 43.4 Å². The standard InChI is InChI=1S/C21H25N5O3S2/c1-6-26-19(12-30-20-22-13(2)9-14(3)23-20)24-25-21(26)31-11-17(27)16-10-15(28-4)7-8-18(16)29-5/h7-10H,6,11-12H2,1-5H3. The van der Waals surface area contributed by atoms with Crippen molar-refractivity contribution < 1.29 is 14.3 Å². The molecule has 0 saturated carbocycles. The summed E-state index contributed by atoms with van der Waals surface area (Å²) in [6.45, 7) is 6.64. The van der Waals surface area contributed by atoms with E-state index in [9.17, 15) is 4.79 Å². The van der Waals surface area contributed by atoms with Crippen molar-refractivity contribution in [3.63, 3.8) is 0 Å². The third kappa shape index (κ3) is 5.76. The van der Waals surface area contributed by atoms with Gasteiger partial charge in [-0.25, -0.2) is 9.97 Å². The van der Waals surface area contributed by atoms with E-state index in [1.807, 2.05) is 31.4 Å². The fourth-order valence-corrected chi connectivity index (χ4v) is 4.77. The van der Waals surface area contributed by atoms with E-state index in [-0.39, 0.29) is 11.5 Å². The Bertz CT molecular complexity index is 1050. The molecule has 10 heteroatoms. The lowest BCUT2D eigenvalue weighted by atomic mass is 10.1. The fraction of sp³-hybridized carbons (Fsp3) is 0.381. The molecule has 8 nitrogen and oxygen atoms in total. The van der Waals surface area contributed by atoms with Crippen molar-refractivity contribution in [1.29, 1.82) is 0 Å². The minimum Gasteiger partial charge on any atom is -0.497 e. The highest BCUT2D eigenvalue weighted by molar-refractivity contribution is 7.99. The molecular weight excluding hydrogens is 434 g/mol. The number of carbonyl (C=O) groups excluding carboxylic acids is 1. The van der Waals surface area contributed by atoms with E-state index in [1.54, 1.807) is 32.4 Å². The number of carbonyl (C=O) groups is 1. The third-order valence-corrected chi connectivity index (χ3v) is 6.25. The van der Waals surface area contributed by atoms with Gasteiger partial charge in [0.05, 0.1) is 31.3 Å². The summed E-state index contributed by atoms with van der Waals surface area (Å²) in [5.41, 5.74) is 2.36. The zero-order chi connectivity index (χ0) is 22.4. The molecule has 3 aromatic rings. The van der Waals surface area contributed by atoms with Crippen molar-refractivity contribution in [2.24, 2.45) is 0 Å². The van der Waals surface area contributed by atoms with Crippen LogP contribution in [-0.4, -0.2) is 50.5 Å². The number of benzene rings is 1. The third-order valence-electron chi connectivity index (χ3n) is 4.44. The van der Waals surface area contributed by atoms with Crippen LogP contribution in [0.1, 0.15) is 34.5 Å². The van der Waals surface area contributed by atoms with Gasteiger partial charge in [-0.15, -0.1) is 10.2 Å². The SMILES string of the molecule is CCn1c(CSc2nc(C)cc(C)n2)nnc1SCC(=O)c1cc(OC)ccc1OC. The van der Waals surface area contributed by atoms with Gasteiger partial charge in [0.15, 0.2) is 16.1 Å². The molecule has 3 rings (SSSR count). The molecule has 0 radical (unpaired) electrons. The molecule has 0 atom stereocenters. The lowest BCUT2D eigenvalue weighted by Gasteiger charge is -2.10. The van der Waals surface area contributed by atoms with Crippen molar-refractivity contribution in [1.82, 2.24) is 24.7 Å². The molecule has 2 heterocycles. The average molecular weight is 460 g/mol. The molecule has 31 heavy (non-hydrogen) atoms. The molecule has 0 aliphatic rings. The topological polar surface area (TPSA) is 92.0 Å². The molecule has 2 aromatic heterocycles. The smallest absolute Gasteiger partial charge is 0.191 e. The van der Waals surface area contributed by atoms with E-state index in [1.165, 1.54) is 23.5 Å². The van der Waals surface area contributed by atoms with Gasteiger partial charge in [0.25, 0.3) is 0 Å². The zero-order valence-electron chi connectivity index (χ0n) is 18.2. The first-order valence-corrected chi connectivity index (χ1v) is 11.7. The van der Waals surface area contributed by atoms with E-state index in [0.717, 1.165) is 22.4 Å². The van der Waals surface area contributed by atoms with Gasteiger partial charge in [0.2, 0.25) is 0 Å². The molecule has 0 bridgehead atoms. The number of aryl methyl sites for hydroxylation is 2. The van der Waals surface area contributed by atoms with Crippen molar-refractivity contribution in [3.8, 4) is 11.5 Å². The Morgan fingerprint density at radius 3 is 2.42 bits per heavy atom. The summed E-state index contributed by atoms with van der Waals surface area (Å²) in [6.07, 6.45) is 0. The quantitative estimate of drug-likeness (QED) is 0.253. The molecule has 1 aromatic carbocycles. The molecule has 0 saturated heterocycles. The second kappa shape index (κ2) is 10.6. The first-order chi connectivity index (χ1) is 14.9. The second-order valence-corrected chi connectivity index (χ2v) is 8.53. The Hall–Kier alpha value is -2.59. The summed E-state index contributed by atoms with van der Waals surface area (Å²) < 4.78 is 12.6. The van der Waals surface area contributed by atoms with Gasteiger partial charge in [0, 0.05) is 17.9 Å². The minimum absolute atomic E-state index is 0.0639. The van der Waals surface area contributed by atoms with Crippen LogP contribution in [-0.2, 0) is 12.3 Å². The average Bonchev–Trinajstić information content (AvgIpc) is 3.16. The second-order valence-electron chi connectivity index (χ2n) is 6.64. The number of hydrogen-bond acceptors (Lipinski definition) is 9. The molecule has 0 fully saturated rings. The van der Waals surface area contributed by atoms with Crippen LogP contribution in [0.4, 0.5) is 0 Å². The maximum absolute atomic E-state index is 12.8. The predicted molar refractivity (Wildman–Crippen MR) is 121 cm³/mol. The number of ether oxygens (including phenoxy) is 2. The van der Waals surface area contributed by atoms with E-state index in [2.05, 4.69) is 20.2 Å². The molecule has 0 aliphatic carbocycles. The maximum Gasteiger partial charge on any atom is 0.191 e. The first-order valence-electron chi connectivity index (χ1n) is 9.70. The Labute approximate surface area is 190 Å². The van der Waals surface area contributed by atoms with Crippen LogP contribution < -0.4 is 9.47 Å². The number of thioether (sulfide) groups is 2. The van der Waals surface area contributed by atoms with E-state index < -0.39 is 0 Å². The van der Waals surface area contributed by atoms with Crippen LogP contribution in [0, 0.1) is 13.8 Å². The number of nitrogens with zero attached hydrogens (tertiary/aromatic N) is 5. The lowest BCUT2D eigenvalue weighted by molar-refractivity contribution is 0.101. The molecule has 0 amide bonds. The van der Waals surface area contributed by atoms with Gasteiger partial charge in [-0.2, -0.15) is 0 Å². The molecule has 164 valence electrons. The van der Waals surface area contributed by atoms with Crippen molar-refractivity contribution in [2.75, 3.05) is 20.0 Å². The summed E-state index contributed by atoms with van der Waals surface area (Å²) in [6, 6.07) is 7.13. The molecular formula is C21H25N5O3S2. The Kier molecular flexibility index (Phi) is 7.91. The predicted octanol–water partition coefficient (Wildman–Crippen LogP) is 3.99. The van der Waals surface area contributed by atoms with Gasteiger partial charge >= 0.3 is 0 Å². The highest BCUT2D eigenvalue weighted by Gasteiger charge is 2.18. The van der Waals surface area contributed by atoms with Crippen LogP contribution in [0.2, 0.25) is 0 Å². The number of methoxy groups -OCH3 is 2. The molecule has 0 aliphatic heterocycles. The van der Waals surface area contributed by atoms with Crippen LogP contribution in [0.25, 0.3) is 0 Å². The van der Waals surface area contributed by atoms with Crippen LogP contribution in [0.15, 0.2) is 34.6 Å². The number of ketones is 1. The van der Waals surface area contributed by atoms with Crippen molar-refractivity contribution in [3.05, 3.63) is 47.0 Å². The maximum atomic E-state index is 12.8. The molecule has 0 N–H and O–H groups in total. The molecule has 0 unspecified atom stereocenters. The van der Waals surface area contributed by atoms with Crippen LogP contribution in [0.3, 0.4) is 0 Å². The van der Waals surface area contributed by atoms with Crippen LogP contribution in [0.5, 0.6) is 11.5 Å². The Morgan fingerprint density at radius 2 is 1.77 bits per heavy atom. The summed E-state index contributed by atoms with van der Waals surface area (Å²) in [5, 5.41) is 10.0.